The van der Waals surface area contributed by atoms with Crippen molar-refractivity contribution in [2.75, 3.05) is 5.32 Å². The molecule has 27 heavy (non-hydrogen) atoms. The van der Waals surface area contributed by atoms with Crippen LogP contribution in [0.15, 0.2) is 54.2 Å². The lowest BCUT2D eigenvalue weighted by molar-refractivity contribution is 0.586. The number of nitrogens with zero attached hydrogens (tertiary/aromatic N) is 3. The van der Waals surface area contributed by atoms with Gasteiger partial charge in [0.15, 0.2) is 5.82 Å². The first kappa shape index (κ1) is 15.8. The van der Waals surface area contributed by atoms with Gasteiger partial charge in [0.25, 0.3) is 0 Å². The molecule has 0 bridgehead atoms. The number of thiophene rings is 1. The average Bonchev–Trinajstić information content (AvgIpc) is 3.35. The van der Waals surface area contributed by atoms with Crippen molar-refractivity contribution in [2.45, 2.75) is 0 Å². The van der Waals surface area contributed by atoms with Crippen LogP contribution in [0.25, 0.3) is 32.4 Å². The van der Waals surface area contributed by atoms with Gasteiger partial charge in [0.05, 0.1) is 15.9 Å². The summed E-state index contributed by atoms with van der Waals surface area (Å²) in [6, 6.07) is 11.2. The summed E-state index contributed by atoms with van der Waals surface area (Å²) >= 11 is 1.50. The first-order chi connectivity index (χ1) is 13.2. The van der Waals surface area contributed by atoms with Gasteiger partial charge in [-0.3, -0.25) is 0 Å². The lowest BCUT2D eigenvalue weighted by atomic mass is 10.1. The van der Waals surface area contributed by atoms with Crippen LogP contribution in [-0.4, -0.2) is 20.2 Å². The largest absolute Gasteiger partial charge is 0.337 e. The van der Waals surface area contributed by atoms with Gasteiger partial charge in [-0.05, 0) is 29.6 Å². The molecule has 132 valence electrons. The van der Waals surface area contributed by atoms with E-state index in [2.05, 4.69) is 20.5 Å². The Labute approximate surface area is 155 Å². The number of para-hydroxylation sites is 1. The van der Waals surface area contributed by atoms with E-state index >= 15 is 0 Å². The number of pyridine rings is 1. The fraction of sp³-hybridized carbons (Fsp3) is 0. The molecule has 2 aromatic carbocycles. The molecule has 0 aliphatic carbocycles. The summed E-state index contributed by atoms with van der Waals surface area (Å²) < 4.78 is 28.2. The van der Waals surface area contributed by atoms with Gasteiger partial charge in [-0.25, -0.2) is 13.8 Å². The summed E-state index contributed by atoms with van der Waals surface area (Å²) in [7, 11) is 0. The topological polar surface area (TPSA) is 66.5 Å². The molecule has 8 heteroatoms. The van der Waals surface area contributed by atoms with Crippen LogP contribution in [0.5, 0.6) is 0 Å². The van der Waals surface area contributed by atoms with Gasteiger partial charge in [-0.2, -0.15) is 0 Å². The molecule has 5 aromatic rings. The van der Waals surface area contributed by atoms with E-state index in [4.69, 9.17) is 4.98 Å². The molecule has 0 aliphatic heterocycles. The monoisotopic (exact) mass is 379 g/mol. The normalized spacial score (nSPS) is 11.3. The molecule has 0 radical (unpaired) electrons. The minimum Gasteiger partial charge on any atom is -0.337 e. The second-order valence-electron chi connectivity index (χ2n) is 5.91. The maximum absolute atomic E-state index is 14.1. The summed E-state index contributed by atoms with van der Waals surface area (Å²) in [5.41, 5.74) is 1.67. The Morgan fingerprint density at radius 1 is 1.04 bits per heavy atom. The highest BCUT2D eigenvalue weighted by Crippen LogP contribution is 2.37. The van der Waals surface area contributed by atoms with E-state index in [9.17, 15) is 8.78 Å². The van der Waals surface area contributed by atoms with Crippen LogP contribution in [-0.2, 0) is 0 Å². The molecule has 0 saturated carbocycles. The highest BCUT2D eigenvalue weighted by molar-refractivity contribution is 7.18. The second-order valence-corrected chi connectivity index (χ2v) is 6.83. The summed E-state index contributed by atoms with van der Waals surface area (Å²) in [4.78, 5) is 7.73. The number of rotatable bonds is 3. The standard InChI is InChI=1S/C19H11F2N5S/c20-10-4-5-15(14(21)8-10)24-19-17-12(6-7-27-17)11-2-1-3-13(16(11)25-19)18-22-9-23-26-18/h1-9H,(H,24,25)(H,22,23,26). The fourth-order valence-corrected chi connectivity index (χ4v) is 3.93. The summed E-state index contributed by atoms with van der Waals surface area (Å²) in [5.74, 6) is -0.199. The number of aromatic amines is 1. The molecule has 0 amide bonds. The molecule has 2 N–H and O–H groups in total. The lowest BCUT2D eigenvalue weighted by Gasteiger charge is -2.11. The Kier molecular flexibility index (Phi) is 3.58. The quantitative estimate of drug-likeness (QED) is 0.449. The highest BCUT2D eigenvalue weighted by atomic mass is 32.1. The molecular formula is C19H11F2N5S. The molecule has 3 aromatic heterocycles. The van der Waals surface area contributed by atoms with E-state index in [0.717, 1.165) is 27.1 Å². The van der Waals surface area contributed by atoms with Crippen molar-refractivity contribution in [3.63, 3.8) is 0 Å². The van der Waals surface area contributed by atoms with Gasteiger partial charge in [-0.1, -0.05) is 12.1 Å². The highest BCUT2D eigenvalue weighted by Gasteiger charge is 2.15. The molecule has 5 rings (SSSR count). The van der Waals surface area contributed by atoms with Crippen molar-refractivity contribution in [3.05, 3.63) is 65.8 Å². The second kappa shape index (κ2) is 6.10. The zero-order valence-electron chi connectivity index (χ0n) is 13.7. The molecule has 3 heterocycles. The number of nitrogens with one attached hydrogen (secondary N) is 2. The molecule has 0 spiro atoms. The fourth-order valence-electron chi connectivity index (χ4n) is 3.08. The van der Waals surface area contributed by atoms with Crippen molar-refractivity contribution < 1.29 is 8.78 Å². The van der Waals surface area contributed by atoms with Crippen molar-refractivity contribution in [1.82, 2.24) is 20.2 Å². The predicted octanol–water partition coefficient (Wildman–Crippen LogP) is 5.26. The zero-order valence-corrected chi connectivity index (χ0v) is 14.5. The minimum absolute atomic E-state index is 0.162. The maximum Gasteiger partial charge on any atom is 0.163 e. The number of benzene rings is 2. The first-order valence-electron chi connectivity index (χ1n) is 8.09. The van der Waals surface area contributed by atoms with E-state index in [-0.39, 0.29) is 5.69 Å². The predicted molar refractivity (Wildman–Crippen MR) is 102 cm³/mol. The van der Waals surface area contributed by atoms with Crippen molar-refractivity contribution in [2.24, 2.45) is 0 Å². The Balaban J connectivity index is 1.76. The SMILES string of the molecule is Fc1ccc(Nc2nc3c(-c4nnc[nH]4)cccc3c3ccsc23)c(F)c1. The zero-order chi connectivity index (χ0) is 18.4. The van der Waals surface area contributed by atoms with Crippen LogP contribution in [0.1, 0.15) is 0 Å². The molecule has 5 nitrogen and oxygen atoms in total. The number of hydrogen-bond donors (Lipinski definition) is 2. The van der Waals surface area contributed by atoms with Gasteiger partial charge in [0.2, 0.25) is 0 Å². The average molecular weight is 379 g/mol. The van der Waals surface area contributed by atoms with Crippen molar-refractivity contribution in [3.8, 4) is 11.4 Å². The third-order valence-corrected chi connectivity index (χ3v) is 5.21. The Morgan fingerprint density at radius 2 is 1.96 bits per heavy atom. The molecule has 0 aliphatic rings. The third-order valence-electron chi connectivity index (χ3n) is 4.29. The van der Waals surface area contributed by atoms with Crippen LogP contribution in [0, 0.1) is 11.6 Å². The number of hydrogen-bond acceptors (Lipinski definition) is 5. The number of halogens is 2. The van der Waals surface area contributed by atoms with Crippen molar-refractivity contribution >= 4 is 43.8 Å². The van der Waals surface area contributed by atoms with Gasteiger partial charge < -0.3 is 10.3 Å². The first-order valence-corrected chi connectivity index (χ1v) is 8.97. The van der Waals surface area contributed by atoms with E-state index in [0.29, 0.717) is 17.2 Å². The molecule has 0 atom stereocenters. The summed E-state index contributed by atoms with van der Waals surface area (Å²) in [6.45, 7) is 0. The summed E-state index contributed by atoms with van der Waals surface area (Å²) in [6.07, 6.45) is 1.50. The third kappa shape index (κ3) is 2.61. The van der Waals surface area contributed by atoms with Crippen LogP contribution < -0.4 is 5.32 Å². The van der Waals surface area contributed by atoms with Crippen LogP contribution in [0.3, 0.4) is 0 Å². The Hall–Kier alpha value is -3.39. The lowest BCUT2D eigenvalue weighted by Crippen LogP contribution is -1.98. The van der Waals surface area contributed by atoms with E-state index in [1.807, 2.05) is 29.6 Å². The maximum atomic E-state index is 14.1. The number of H-pyrrole nitrogens is 1. The van der Waals surface area contributed by atoms with E-state index < -0.39 is 11.6 Å². The summed E-state index contributed by atoms with van der Waals surface area (Å²) in [5, 5.41) is 14.8. The Morgan fingerprint density at radius 3 is 2.78 bits per heavy atom. The number of aromatic nitrogens is 4. The van der Waals surface area contributed by atoms with E-state index in [1.165, 1.54) is 29.8 Å². The molecular weight excluding hydrogens is 368 g/mol. The number of fused-ring (bicyclic) bond motifs is 3. The van der Waals surface area contributed by atoms with Gasteiger partial charge in [-0.15, -0.1) is 21.5 Å². The van der Waals surface area contributed by atoms with Crippen LogP contribution in [0.2, 0.25) is 0 Å². The molecule has 0 fully saturated rings. The van der Waals surface area contributed by atoms with Crippen LogP contribution in [0.4, 0.5) is 20.3 Å². The van der Waals surface area contributed by atoms with Gasteiger partial charge >= 0.3 is 0 Å². The van der Waals surface area contributed by atoms with Crippen molar-refractivity contribution in [1.29, 1.82) is 0 Å². The van der Waals surface area contributed by atoms with Gasteiger partial charge in [0.1, 0.15) is 23.8 Å². The number of anilines is 2. The smallest absolute Gasteiger partial charge is 0.163 e. The Bertz CT molecular complexity index is 1280. The molecule has 0 unspecified atom stereocenters. The van der Waals surface area contributed by atoms with Crippen LogP contribution >= 0.6 is 11.3 Å². The minimum atomic E-state index is -0.676. The van der Waals surface area contributed by atoms with E-state index in [1.54, 1.807) is 0 Å². The molecule has 0 saturated heterocycles. The van der Waals surface area contributed by atoms with Gasteiger partial charge in [0, 0.05) is 22.4 Å².